The van der Waals surface area contributed by atoms with Gasteiger partial charge in [0.2, 0.25) is 0 Å². The van der Waals surface area contributed by atoms with Gasteiger partial charge in [-0.2, -0.15) is 0 Å². The first kappa shape index (κ1) is 14.9. The second kappa shape index (κ2) is 7.27. The third-order valence-corrected chi connectivity index (χ3v) is 3.98. The average molecular weight is 299 g/mol. The van der Waals surface area contributed by atoms with E-state index in [0.717, 1.165) is 24.8 Å². The second-order valence-corrected chi connectivity index (χ2v) is 5.63. The number of carbonyl (C=O) groups is 1. The van der Waals surface area contributed by atoms with Crippen LogP contribution in [0.3, 0.4) is 0 Å². The van der Waals surface area contributed by atoms with Crippen molar-refractivity contribution in [1.82, 2.24) is 4.90 Å². The van der Waals surface area contributed by atoms with Gasteiger partial charge in [0, 0.05) is 25.3 Å². The van der Waals surface area contributed by atoms with Crippen LogP contribution in [0.5, 0.6) is 0 Å². The minimum absolute atomic E-state index is 0.0923. The van der Waals surface area contributed by atoms with Crippen LogP contribution in [0.15, 0.2) is 53.3 Å². The third-order valence-electron chi connectivity index (χ3n) is 3.98. The monoisotopic (exact) mass is 299 g/mol. The highest BCUT2D eigenvalue weighted by Crippen LogP contribution is 2.17. The molecule has 0 N–H and O–H groups in total. The Balaban J connectivity index is 1.66. The van der Waals surface area contributed by atoms with Crippen LogP contribution < -0.4 is 0 Å². The number of furan rings is 1. The molecule has 2 heterocycles. The molecule has 1 aliphatic heterocycles. The Labute approximate surface area is 130 Å². The first-order valence-electron chi connectivity index (χ1n) is 7.78. The Morgan fingerprint density at radius 3 is 2.73 bits per heavy atom. The predicted molar refractivity (Wildman–Crippen MR) is 83.2 cm³/mol. The summed E-state index contributed by atoms with van der Waals surface area (Å²) in [6.07, 6.45) is 5.69. The molecule has 1 aromatic heterocycles. The van der Waals surface area contributed by atoms with Gasteiger partial charge < -0.3 is 14.1 Å². The van der Waals surface area contributed by atoms with E-state index >= 15 is 0 Å². The average Bonchev–Trinajstić information content (AvgIpc) is 3.25. The Kier molecular flexibility index (Phi) is 4.91. The van der Waals surface area contributed by atoms with Crippen LogP contribution in [0.4, 0.5) is 0 Å². The van der Waals surface area contributed by atoms with E-state index in [9.17, 15) is 4.79 Å². The van der Waals surface area contributed by atoms with Gasteiger partial charge in [-0.1, -0.05) is 30.3 Å². The molecule has 1 saturated heterocycles. The number of nitrogens with zero attached hydrogens (tertiary/aromatic N) is 1. The van der Waals surface area contributed by atoms with Gasteiger partial charge in [0.15, 0.2) is 0 Å². The molecular weight excluding hydrogens is 278 g/mol. The lowest BCUT2D eigenvalue weighted by Gasteiger charge is -2.25. The first-order valence-corrected chi connectivity index (χ1v) is 7.78. The molecule has 2 aromatic rings. The largest absolute Gasteiger partial charge is 0.472 e. The lowest BCUT2D eigenvalue weighted by molar-refractivity contribution is -0.141. The Morgan fingerprint density at radius 1 is 1.18 bits per heavy atom. The maximum absolute atomic E-state index is 12.7. The molecule has 0 radical (unpaired) electrons. The molecule has 0 bridgehead atoms. The molecular formula is C18H21NO3. The zero-order valence-electron chi connectivity index (χ0n) is 12.6. The van der Waals surface area contributed by atoms with Crippen LogP contribution in [-0.4, -0.2) is 30.1 Å². The summed E-state index contributed by atoms with van der Waals surface area (Å²) in [7, 11) is 0. The molecule has 1 aliphatic rings. The molecule has 0 aliphatic carbocycles. The van der Waals surface area contributed by atoms with Gasteiger partial charge in [-0.3, -0.25) is 4.79 Å². The molecule has 1 amide bonds. The SMILES string of the molecule is O=C([C@H]1CCCO1)N(CCc1ccccc1)Cc1ccoc1. The standard InChI is InChI=1S/C18H21NO3/c20-18(17-7-4-11-22-17)19(13-16-9-12-21-14-16)10-8-15-5-2-1-3-6-15/h1-3,5-6,9,12,14,17H,4,7-8,10-11,13H2/t17-/m1/s1. The van der Waals surface area contributed by atoms with Gasteiger partial charge in [0.25, 0.3) is 5.91 Å². The molecule has 22 heavy (non-hydrogen) atoms. The number of benzene rings is 1. The summed E-state index contributed by atoms with van der Waals surface area (Å²) >= 11 is 0. The minimum Gasteiger partial charge on any atom is -0.472 e. The Bertz CT molecular complexity index is 574. The first-order chi connectivity index (χ1) is 10.8. The van der Waals surface area contributed by atoms with Gasteiger partial charge in [-0.15, -0.1) is 0 Å². The molecule has 0 spiro atoms. The highest BCUT2D eigenvalue weighted by molar-refractivity contribution is 5.81. The van der Waals surface area contributed by atoms with E-state index in [4.69, 9.17) is 9.15 Å². The van der Waals surface area contributed by atoms with E-state index in [1.807, 2.05) is 29.2 Å². The number of ether oxygens (including phenoxy) is 1. The Hall–Kier alpha value is -2.07. The minimum atomic E-state index is -0.275. The van der Waals surface area contributed by atoms with E-state index in [1.165, 1.54) is 5.56 Å². The molecule has 3 rings (SSSR count). The molecule has 4 nitrogen and oxygen atoms in total. The van der Waals surface area contributed by atoms with Crippen LogP contribution in [0, 0.1) is 0 Å². The van der Waals surface area contributed by atoms with Crippen LogP contribution in [0.1, 0.15) is 24.0 Å². The van der Waals surface area contributed by atoms with Crippen LogP contribution in [0.2, 0.25) is 0 Å². The normalized spacial score (nSPS) is 17.5. The predicted octanol–water partition coefficient (Wildman–Crippen LogP) is 3.03. The fourth-order valence-electron chi connectivity index (χ4n) is 2.75. The maximum Gasteiger partial charge on any atom is 0.252 e. The van der Waals surface area contributed by atoms with Crippen molar-refractivity contribution < 1.29 is 13.9 Å². The van der Waals surface area contributed by atoms with Gasteiger partial charge in [-0.25, -0.2) is 0 Å². The van der Waals surface area contributed by atoms with E-state index in [1.54, 1.807) is 12.5 Å². The van der Waals surface area contributed by atoms with Crippen molar-refractivity contribution in [3.05, 3.63) is 60.1 Å². The van der Waals surface area contributed by atoms with Crippen molar-refractivity contribution in [3.63, 3.8) is 0 Å². The number of hydrogen-bond acceptors (Lipinski definition) is 3. The van der Waals surface area contributed by atoms with Crippen molar-refractivity contribution in [3.8, 4) is 0 Å². The van der Waals surface area contributed by atoms with Gasteiger partial charge in [0.1, 0.15) is 6.10 Å². The third kappa shape index (κ3) is 3.77. The van der Waals surface area contributed by atoms with Crippen molar-refractivity contribution in [2.24, 2.45) is 0 Å². The van der Waals surface area contributed by atoms with Crippen LogP contribution in [0.25, 0.3) is 0 Å². The van der Waals surface area contributed by atoms with Gasteiger partial charge in [0.05, 0.1) is 12.5 Å². The second-order valence-electron chi connectivity index (χ2n) is 5.63. The van der Waals surface area contributed by atoms with E-state index in [2.05, 4.69) is 12.1 Å². The summed E-state index contributed by atoms with van der Waals surface area (Å²) in [6.45, 7) is 1.95. The molecule has 0 saturated carbocycles. The fraction of sp³-hybridized carbons (Fsp3) is 0.389. The van der Waals surface area contributed by atoms with Crippen molar-refractivity contribution >= 4 is 5.91 Å². The van der Waals surface area contributed by atoms with Crippen molar-refractivity contribution in [2.75, 3.05) is 13.2 Å². The summed E-state index contributed by atoms with van der Waals surface area (Å²) in [5.41, 5.74) is 2.25. The van der Waals surface area contributed by atoms with Crippen molar-refractivity contribution in [1.29, 1.82) is 0 Å². The summed E-state index contributed by atoms with van der Waals surface area (Å²) < 4.78 is 10.7. The van der Waals surface area contributed by atoms with Gasteiger partial charge in [-0.05, 0) is 30.9 Å². The van der Waals surface area contributed by atoms with Gasteiger partial charge >= 0.3 is 0 Å². The zero-order valence-corrected chi connectivity index (χ0v) is 12.6. The highest BCUT2D eigenvalue weighted by atomic mass is 16.5. The quantitative estimate of drug-likeness (QED) is 0.823. The molecule has 4 heteroatoms. The Morgan fingerprint density at radius 2 is 2.05 bits per heavy atom. The lowest BCUT2D eigenvalue weighted by atomic mass is 10.1. The number of rotatable bonds is 6. The molecule has 0 unspecified atom stereocenters. The molecule has 1 fully saturated rings. The fourth-order valence-corrected chi connectivity index (χ4v) is 2.75. The summed E-state index contributed by atoms with van der Waals surface area (Å²) in [5.74, 6) is 0.0923. The molecule has 1 atom stereocenters. The van der Waals surface area contributed by atoms with Crippen LogP contribution in [-0.2, 0) is 22.5 Å². The smallest absolute Gasteiger partial charge is 0.252 e. The van der Waals surface area contributed by atoms with Crippen LogP contribution >= 0.6 is 0 Å². The maximum atomic E-state index is 12.7. The topological polar surface area (TPSA) is 42.7 Å². The van der Waals surface area contributed by atoms with E-state index in [0.29, 0.717) is 19.7 Å². The number of amides is 1. The molecule has 1 aromatic carbocycles. The van der Waals surface area contributed by atoms with E-state index in [-0.39, 0.29) is 12.0 Å². The van der Waals surface area contributed by atoms with Crippen molar-refractivity contribution in [2.45, 2.75) is 31.9 Å². The highest BCUT2D eigenvalue weighted by Gasteiger charge is 2.28. The zero-order chi connectivity index (χ0) is 15.2. The number of carbonyl (C=O) groups excluding carboxylic acids is 1. The summed E-state index contributed by atoms with van der Waals surface area (Å²) in [6, 6.07) is 12.1. The molecule has 116 valence electrons. The summed E-state index contributed by atoms with van der Waals surface area (Å²) in [5, 5.41) is 0. The summed E-state index contributed by atoms with van der Waals surface area (Å²) in [4.78, 5) is 14.5. The van der Waals surface area contributed by atoms with E-state index < -0.39 is 0 Å². The lowest BCUT2D eigenvalue weighted by Crippen LogP contribution is -2.39. The number of hydrogen-bond donors (Lipinski definition) is 0.